The Morgan fingerprint density at radius 3 is 2.14 bits per heavy atom. The standard InChI is InChI=1S/C16H26N2O4/c1-11(2)10-18-15(19)6-7-17-12-8-13(20-3)16(22-5)14(9-12)21-4/h8-9,11,17H,6-7,10H2,1-5H3,(H,18,19). The van der Waals surface area contributed by atoms with E-state index in [0.29, 0.717) is 42.7 Å². The molecular weight excluding hydrogens is 284 g/mol. The molecule has 0 saturated heterocycles. The van der Waals surface area contributed by atoms with Crippen LogP contribution in [0.5, 0.6) is 17.2 Å². The zero-order chi connectivity index (χ0) is 16.5. The van der Waals surface area contributed by atoms with Gasteiger partial charge in [-0.1, -0.05) is 13.8 Å². The van der Waals surface area contributed by atoms with Crippen LogP contribution in [0.25, 0.3) is 0 Å². The Bertz CT molecular complexity index is 464. The minimum Gasteiger partial charge on any atom is -0.493 e. The number of hydrogen-bond acceptors (Lipinski definition) is 5. The maximum absolute atomic E-state index is 11.7. The zero-order valence-electron chi connectivity index (χ0n) is 14.0. The van der Waals surface area contributed by atoms with Gasteiger partial charge < -0.3 is 24.8 Å². The largest absolute Gasteiger partial charge is 0.493 e. The molecule has 22 heavy (non-hydrogen) atoms. The van der Waals surface area contributed by atoms with E-state index in [1.807, 2.05) is 12.1 Å². The van der Waals surface area contributed by atoms with Gasteiger partial charge in [0.2, 0.25) is 11.7 Å². The third-order valence-electron chi connectivity index (χ3n) is 3.05. The lowest BCUT2D eigenvalue weighted by atomic mass is 10.2. The van der Waals surface area contributed by atoms with Crippen molar-refractivity contribution in [2.75, 3.05) is 39.7 Å². The summed E-state index contributed by atoms with van der Waals surface area (Å²) in [6.45, 7) is 5.36. The van der Waals surface area contributed by atoms with E-state index in [1.165, 1.54) is 0 Å². The summed E-state index contributed by atoms with van der Waals surface area (Å²) < 4.78 is 15.8. The van der Waals surface area contributed by atoms with Crippen LogP contribution in [0.2, 0.25) is 0 Å². The first-order valence-electron chi connectivity index (χ1n) is 7.32. The highest BCUT2D eigenvalue weighted by atomic mass is 16.5. The van der Waals surface area contributed by atoms with Crippen LogP contribution in [0.3, 0.4) is 0 Å². The molecule has 0 heterocycles. The Balaban J connectivity index is 2.61. The number of rotatable bonds is 9. The highest BCUT2D eigenvalue weighted by molar-refractivity contribution is 5.76. The average Bonchev–Trinajstić information content (AvgIpc) is 2.51. The molecule has 0 spiro atoms. The number of nitrogens with one attached hydrogen (secondary N) is 2. The van der Waals surface area contributed by atoms with Crippen LogP contribution < -0.4 is 24.8 Å². The topological polar surface area (TPSA) is 68.8 Å². The number of hydrogen-bond donors (Lipinski definition) is 2. The molecule has 0 atom stereocenters. The van der Waals surface area contributed by atoms with E-state index in [4.69, 9.17) is 14.2 Å². The second-order valence-electron chi connectivity index (χ2n) is 5.29. The van der Waals surface area contributed by atoms with E-state index in [1.54, 1.807) is 21.3 Å². The summed E-state index contributed by atoms with van der Waals surface area (Å²) in [4.78, 5) is 11.7. The van der Waals surface area contributed by atoms with Crippen molar-refractivity contribution in [2.24, 2.45) is 5.92 Å². The first-order valence-corrected chi connectivity index (χ1v) is 7.32. The first kappa shape index (κ1) is 17.9. The van der Waals surface area contributed by atoms with Crippen molar-refractivity contribution >= 4 is 11.6 Å². The fourth-order valence-electron chi connectivity index (χ4n) is 1.91. The van der Waals surface area contributed by atoms with Crippen LogP contribution in [-0.2, 0) is 4.79 Å². The van der Waals surface area contributed by atoms with Crippen molar-refractivity contribution in [3.05, 3.63) is 12.1 Å². The minimum absolute atomic E-state index is 0.0358. The Labute approximate surface area is 132 Å². The summed E-state index contributed by atoms with van der Waals surface area (Å²) in [5, 5.41) is 6.07. The minimum atomic E-state index is 0.0358. The second-order valence-corrected chi connectivity index (χ2v) is 5.29. The van der Waals surface area contributed by atoms with Gasteiger partial charge in [-0.3, -0.25) is 4.79 Å². The number of ether oxygens (including phenoxy) is 3. The van der Waals surface area contributed by atoms with E-state index in [0.717, 1.165) is 5.69 Å². The van der Waals surface area contributed by atoms with Crippen LogP contribution in [0, 0.1) is 5.92 Å². The van der Waals surface area contributed by atoms with Crippen LogP contribution in [0.15, 0.2) is 12.1 Å². The van der Waals surface area contributed by atoms with Gasteiger partial charge in [0, 0.05) is 37.3 Å². The summed E-state index contributed by atoms with van der Waals surface area (Å²) in [6.07, 6.45) is 0.406. The number of anilines is 1. The molecule has 0 bridgehead atoms. The molecule has 0 aliphatic rings. The summed E-state index contributed by atoms with van der Waals surface area (Å²) in [6, 6.07) is 3.63. The number of benzene rings is 1. The molecule has 1 rings (SSSR count). The molecule has 0 aliphatic carbocycles. The van der Waals surface area contributed by atoms with Crippen molar-refractivity contribution in [3.63, 3.8) is 0 Å². The Kier molecular flexibility index (Phi) is 7.36. The Morgan fingerprint density at radius 1 is 1.09 bits per heavy atom. The molecule has 0 unspecified atom stereocenters. The molecule has 6 heteroatoms. The van der Waals surface area contributed by atoms with Gasteiger partial charge in [0.1, 0.15) is 0 Å². The molecule has 1 amide bonds. The van der Waals surface area contributed by atoms with Crippen LogP contribution in [0.4, 0.5) is 5.69 Å². The van der Waals surface area contributed by atoms with Crippen molar-refractivity contribution < 1.29 is 19.0 Å². The third kappa shape index (κ3) is 5.35. The van der Waals surface area contributed by atoms with Crippen molar-refractivity contribution in [2.45, 2.75) is 20.3 Å². The highest BCUT2D eigenvalue weighted by Gasteiger charge is 2.13. The number of methoxy groups -OCH3 is 3. The molecule has 0 radical (unpaired) electrons. The maximum atomic E-state index is 11.7. The van der Waals surface area contributed by atoms with Crippen LogP contribution >= 0.6 is 0 Å². The monoisotopic (exact) mass is 310 g/mol. The van der Waals surface area contributed by atoms with E-state index in [9.17, 15) is 4.79 Å². The smallest absolute Gasteiger partial charge is 0.221 e. The predicted molar refractivity (Wildman–Crippen MR) is 87.1 cm³/mol. The third-order valence-corrected chi connectivity index (χ3v) is 3.05. The number of carbonyl (C=O) groups is 1. The van der Waals surface area contributed by atoms with E-state index in [-0.39, 0.29) is 5.91 Å². The van der Waals surface area contributed by atoms with Gasteiger partial charge in [0.05, 0.1) is 21.3 Å². The molecule has 0 aromatic heterocycles. The fourth-order valence-corrected chi connectivity index (χ4v) is 1.91. The predicted octanol–water partition coefficient (Wildman–Crippen LogP) is 2.29. The van der Waals surface area contributed by atoms with Gasteiger partial charge in [0.25, 0.3) is 0 Å². The normalized spacial score (nSPS) is 10.3. The fraction of sp³-hybridized carbons (Fsp3) is 0.562. The molecule has 0 saturated carbocycles. The molecule has 2 N–H and O–H groups in total. The van der Waals surface area contributed by atoms with Gasteiger partial charge in [0.15, 0.2) is 11.5 Å². The summed E-state index contributed by atoms with van der Waals surface area (Å²) in [5.41, 5.74) is 0.811. The van der Waals surface area contributed by atoms with E-state index < -0.39 is 0 Å². The van der Waals surface area contributed by atoms with Gasteiger partial charge in [-0.25, -0.2) is 0 Å². The molecule has 1 aromatic carbocycles. The molecule has 124 valence electrons. The lowest BCUT2D eigenvalue weighted by molar-refractivity contribution is -0.120. The summed E-state index contributed by atoms with van der Waals surface area (Å²) >= 11 is 0. The number of carbonyl (C=O) groups excluding carboxylic acids is 1. The highest BCUT2D eigenvalue weighted by Crippen LogP contribution is 2.39. The van der Waals surface area contributed by atoms with Crippen molar-refractivity contribution in [1.82, 2.24) is 5.32 Å². The van der Waals surface area contributed by atoms with Crippen molar-refractivity contribution in [1.29, 1.82) is 0 Å². The molecule has 6 nitrogen and oxygen atoms in total. The van der Waals surface area contributed by atoms with Crippen LogP contribution in [-0.4, -0.2) is 40.3 Å². The zero-order valence-corrected chi connectivity index (χ0v) is 14.0. The van der Waals surface area contributed by atoms with Gasteiger partial charge in [-0.2, -0.15) is 0 Å². The number of amides is 1. The quantitative estimate of drug-likeness (QED) is 0.732. The Hall–Kier alpha value is -2.11. The molecule has 0 aliphatic heterocycles. The maximum Gasteiger partial charge on any atom is 0.221 e. The molecule has 0 fully saturated rings. The van der Waals surface area contributed by atoms with Gasteiger partial charge >= 0.3 is 0 Å². The van der Waals surface area contributed by atoms with Crippen LogP contribution in [0.1, 0.15) is 20.3 Å². The summed E-state index contributed by atoms with van der Waals surface area (Å²) in [7, 11) is 4.70. The molecular formula is C16H26N2O4. The molecule has 1 aromatic rings. The lowest BCUT2D eigenvalue weighted by Gasteiger charge is -2.15. The van der Waals surface area contributed by atoms with Crippen molar-refractivity contribution in [3.8, 4) is 17.2 Å². The van der Waals surface area contributed by atoms with E-state index in [2.05, 4.69) is 24.5 Å². The summed E-state index contributed by atoms with van der Waals surface area (Å²) in [5.74, 6) is 2.19. The second kappa shape index (κ2) is 9.02. The van der Waals surface area contributed by atoms with Gasteiger partial charge in [-0.15, -0.1) is 0 Å². The van der Waals surface area contributed by atoms with Gasteiger partial charge in [-0.05, 0) is 5.92 Å². The lowest BCUT2D eigenvalue weighted by Crippen LogP contribution is -2.28. The SMILES string of the molecule is COc1cc(NCCC(=O)NCC(C)C)cc(OC)c1OC. The average molecular weight is 310 g/mol. The first-order chi connectivity index (χ1) is 10.5. The van der Waals surface area contributed by atoms with E-state index >= 15 is 0 Å². The Morgan fingerprint density at radius 2 is 1.68 bits per heavy atom.